The number of rotatable bonds is 2. The molecule has 0 unspecified atom stereocenters. The van der Waals surface area contributed by atoms with Crippen LogP contribution in [-0.4, -0.2) is 14.5 Å². The fraction of sp³-hybridized carbons (Fsp3) is 0.357. The first kappa shape index (κ1) is 16.7. The lowest BCUT2D eigenvalue weighted by Crippen LogP contribution is -2.12. The Morgan fingerprint density at radius 1 is 1.09 bits per heavy atom. The molecule has 0 bridgehead atoms. The third kappa shape index (κ3) is 3.55. The standard InChI is InChI=1S/C14H15F4N3S/c1-13(2,3)22-12-10(14(16,17)18)11(19)21(20-12)9-6-4-8(15)5-7-9/h4-7H,19H2,1-3H3. The second-order valence-corrected chi connectivity index (χ2v) is 7.48. The zero-order valence-corrected chi connectivity index (χ0v) is 13.0. The summed E-state index contributed by atoms with van der Waals surface area (Å²) >= 11 is 0.981. The van der Waals surface area contributed by atoms with E-state index in [-0.39, 0.29) is 10.7 Å². The molecule has 0 amide bonds. The zero-order chi connectivity index (χ0) is 16.7. The number of alkyl halides is 3. The summed E-state index contributed by atoms with van der Waals surface area (Å²) in [6.45, 7) is 5.35. The maximum atomic E-state index is 13.3. The lowest BCUT2D eigenvalue weighted by molar-refractivity contribution is -0.139. The number of aromatic nitrogens is 2. The van der Waals surface area contributed by atoms with Gasteiger partial charge in [0.25, 0.3) is 0 Å². The van der Waals surface area contributed by atoms with Crippen LogP contribution in [0.25, 0.3) is 5.69 Å². The Morgan fingerprint density at radius 2 is 1.64 bits per heavy atom. The van der Waals surface area contributed by atoms with Crippen LogP contribution in [-0.2, 0) is 6.18 Å². The van der Waals surface area contributed by atoms with Crippen LogP contribution in [0.2, 0.25) is 0 Å². The molecule has 1 heterocycles. The normalized spacial score (nSPS) is 12.7. The number of hydrogen-bond donors (Lipinski definition) is 1. The van der Waals surface area contributed by atoms with Crippen LogP contribution >= 0.6 is 11.8 Å². The smallest absolute Gasteiger partial charge is 0.383 e. The molecule has 0 atom stereocenters. The van der Waals surface area contributed by atoms with Crippen molar-refractivity contribution in [1.29, 1.82) is 0 Å². The first-order valence-electron chi connectivity index (χ1n) is 6.40. The van der Waals surface area contributed by atoms with Crippen molar-refractivity contribution in [3.8, 4) is 5.69 Å². The van der Waals surface area contributed by atoms with E-state index < -0.39 is 28.1 Å². The molecule has 1 aromatic heterocycles. The van der Waals surface area contributed by atoms with E-state index >= 15 is 0 Å². The van der Waals surface area contributed by atoms with Gasteiger partial charge < -0.3 is 5.73 Å². The van der Waals surface area contributed by atoms with E-state index in [4.69, 9.17) is 5.73 Å². The molecule has 3 nitrogen and oxygen atoms in total. The third-order valence-corrected chi connectivity index (χ3v) is 3.74. The van der Waals surface area contributed by atoms with Crippen LogP contribution < -0.4 is 5.73 Å². The van der Waals surface area contributed by atoms with E-state index in [2.05, 4.69) is 5.10 Å². The Hall–Kier alpha value is -1.70. The van der Waals surface area contributed by atoms with E-state index in [1.807, 2.05) is 0 Å². The number of thioether (sulfide) groups is 1. The third-order valence-electron chi connectivity index (χ3n) is 2.65. The molecule has 0 spiro atoms. The fourth-order valence-corrected chi connectivity index (χ4v) is 2.84. The molecule has 0 saturated carbocycles. The van der Waals surface area contributed by atoms with Crippen molar-refractivity contribution in [3.63, 3.8) is 0 Å². The molecule has 1 aromatic carbocycles. The topological polar surface area (TPSA) is 43.8 Å². The van der Waals surface area contributed by atoms with Gasteiger partial charge in [0.15, 0.2) is 0 Å². The van der Waals surface area contributed by atoms with Crippen LogP contribution in [0.4, 0.5) is 23.4 Å². The molecule has 0 saturated heterocycles. The van der Waals surface area contributed by atoms with Crippen LogP contribution in [0, 0.1) is 5.82 Å². The highest BCUT2D eigenvalue weighted by Gasteiger charge is 2.41. The van der Waals surface area contributed by atoms with Crippen molar-refractivity contribution in [3.05, 3.63) is 35.6 Å². The summed E-state index contributed by atoms with van der Waals surface area (Å²) in [4.78, 5) is 0. The first-order chi connectivity index (χ1) is 9.99. The Kier molecular flexibility index (Phi) is 4.16. The summed E-state index contributed by atoms with van der Waals surface area (Å²) in [7, 11) is 0. The maximum absolute atomic E-state index is 13.3. The summed E-state index contributed by atoms with van der Waals surface area (Å²) in [6, 6.07) is 4.93. The number of nitrogens with zero attached hydrogens (tertiary/aromatic N) is 2. The Labute approximate surface area is 129 Å². The van der Waals surface area contributed by atoms with Gasteiger partial charge in [0, 0.05) is 4.75 Å². The monoisotopic (exact) mass is 333 g/mol. The van der Waals surface area contributed by atoms with Gasteiger partial charge in [0.05, 0.1) is 5.69 Å². The van der Waals surface area contributed by atoms with Crippen molar-refractivity contribution in [2.75, 3.05) is 5.73 Å². The van der Waals surface area contributed by atoms with Crippen molar-refractivity contribution in [2.45, 2.75) is 36.7 Å². The van der Waals surface area contributed by atoms with Gasteiger partial charge in [-0.15, -0.1) is 0 Å². The largest absolute Gasteiger partial charge is 0.422 e. The maximum Gasteiger partial charge on any atom is 0.422 e. The number of nitrogens with two attached hydrogens (primary N) is 1. The quantitative estimate of drug-likeness (QED) is 0.650. The number of benzene rings is 1. The molecule has 2 N–H and O–H groups in total. The minimum atomic E-state index is -4.62. The molecule has 0 fully saturated rings. The highest BCUT2D eigenvalue weighted by molar-refractivity contribution is 8.00. The predicted molar refractivity (Wildman–Crippen MR) is 78.5 cm³/mol. The fourth-order valence-electron chi connectivity index (χ4n) is 1.82. The predicted octanol–water partition coefficient (Wildman–Crippen LogP) is 4.50. The van der Waals surface area contributed by atoms with Gasteiger partial charge >= 0.3 is 6.18 Å². The number of halogens is 4. The highest BCUT2D eigenvalue weighted by atomic mass is 32.2. The molecular weight excluding hydrogens is 318 g/mol. The summed E-state index contributed by atoms with van der Waals surface area (Å²) in [5, 5.41) is 3.78. The van der Waals surface area contributed by atoms with Gasteiger partial charge in [-0.2, -0.15) is 18.3 Å². The van der Waals surface area contributed by atoms with Crippen LogP contribution in [0.15, 0.2) is 29.3 Å². The van der Waals surface area contributed by atoms with E-state index in [1.165, 1.54) is 12.1 Å². The van der Waals surface area contributed by atoms with Gasteiger partial charge in [-0.25, -0.2) is 9.07 Å². The van der Waals surface area contributed by atoms with Crippen molar-refractivity contribution >= 4 is 17.6 Å². The second-order valence-electron chi connectivity index (χ2n) is 5.67. The Morgan fingerprint density at radius 3 is 2.09 bits per heavy atom. The van der Waals surface area contributed by atoms with Crippen LogP contribution in [0.5, 0.6) is 0 Å². The molecule has 0 aliphatic rings. The molecule has 0 aliphatic carbocycles. The molecule has 120 valence electrons. The van der Waals surface area contributed by atoms with Gasteiger partial charge in [0.2, 0.25) is 0 Å². The average molecular weight is 333 g/mol. The summed E-state index contributed by atoms with van der Waals surface area (Å²) in [6.07, 6.45) is -4.62. The summed E-state index contributed by atoms with van der Waals surface area (Å²) in [5.41, 5.74) is 4.96. The van der Waals surface area contributed by atoms with Gasteiger partial charge in [-0.05, 0) is 24.3 Å². The molecule has 2 aromatic rings. The van der Waals surface area contributed by atoms with Crippen molar-refractivity contribution in [2.24, 2.45) is 0 Å². The Bertz CT molecular complexity index is 669. The molecule has 0 aliphatic heterocycles. The lowest BCUT2D eigenvalue weighted by atomic mass is 10.3. The average Bonchev–Trinajstić information content (AvgIpc) is 2.64. The van der Waals surface area contributed by atoms with Crippen molar-refractivity contribution in [1.82, 2.24) is 9.78 Å². The SMILES string of the molecule is CC(C)(C)Sc1nn(-c2ccc(F)cc2)c(N)c1C(F)(F)F. The minimum Gasteiger partial charge on any atom is -0.383 e. The highest BCUT2D eigenvalue weighted by Crippen LogP contribution is 2.44. The lowest BCUT2D eigenvalue weighted by Gasteiger charge is -2.17. The van der Waals surface area contributed by atoms with E-state index in [0.717, 1.165) is 28.6 Å². The summed E-state index contributed by atoms with van der Waals surface area (Å²) in [5.74, 6) is -0.999. The minimum absolute atomic E-state index is 0.193. The van der Waals surface area contributed by atoms with E-state index in [0.29, 0.717) is 0 Å². The zero-order valence-electron chi connectivity index (χ0n) is 12.2. The van der Waals surface area contributed by atoms with Crippen LogP contribution in [0.1, 0.15) is 26.3 Å². The van der Waals surface area contributed by atoms with E-state index in [1.54, 1.807) is 20.8 Å². The summed E-state index contributed by atoms with van der Waals surface area (Å²) < 4.78 is 53.3. The molecular formula is C14H15F4N3S. The van der Waals surface area contributed by atoms with Gasteiger partial charge in [-0.1, -0.05) is 32.5 Å². The number of anilines is 1. The number of hydrogen-bond acceptors (Lipinski definition) is 3. The van der Waals surface area contributed by atoms with E-state index in [9.17, 15) is 17.6 Å². The second kappa shape index (κ2) is 5.49. The molecule has 8 heteroatoms. The molecule has 0 radical (unpaired) electrons. The first-order valence-corrected chi connectivity index (χ1v) is 7.21. The molecule has 2 rings (SSSR count). The van der Waals surface area contributed by atoms with Crippen molar-refractivity contribution < 1.29 is 17.6 Å². The van der Waals surface area contributed by atoms with Gasteiger partial charge in [0.1, 0.15) is 22.2 Å². The van der Waals surface area contributed by atoms with Crippen LogP contribution in [0.3, 0.4) is 0 Å². The molecule has 22 heavy (non-hydrogen) atoms. The van der Waals surface area contributed by atoms with Gasteiger partial charge in [-0.3, -0.25) is 0 Å². The number of nitrogen functional groups attached to an aromatic ring is 1. The Balaban J connectivity index is 2.60.